The first-order valence-corrected chi connectivity index (χ1v) is 6.73. The summed E-state index contributed by atoms with van der Waals surface area (Å²) in [4.78, 5) is 25.6. The highest BCUT2D eigenvalue weighted by Crippen LogP contribution is 2.32. The molecule has 2 amide bonds. The molecule has 4 heteroatoms. The van der Waals surface area contributed by atoms with Crippen molar-refractivity contribution >= 4 is 17.4 Å². The van der Waals surface area contributed by atoms with Gasteiger partial charge in [0.05, 0.1) is 5.57 Å². The molecular weight excluding hydrogens is 252 g/mol. The maximum Gasteiger partial charge on any atom is 0.261 e. The molecule has 106 valence electrons. The molecule has 0 saturated carbocycles. The van der Waals surface area contributed by atoms with E-state index in [-0.39, 0.29) is 24.9 Å². The molecule has 0 fully saturated rings. The van der Waals surface area contributed by atoms with E-state index in [9.17, 15) is 9.59 Å². The van der Waals surface area contributed by atoms with E-state index in [1.165, 1.54) is 11.0 Å². The average Bonchev–Trinajstić information content (AvgIpc) is 2.66. The molecule has 1 heterocycles. The Morgan fingerprint density at radius 1 is 1.05 bits per heavy atom. The van der Waals surface area contributed by atoms with Crippen LogP contribution in [-0.2, 0) is 9.59 Å². The first kappa shape index (κ1) is 14.5. The molecule has 0 radical (unpaired) electrons. The van der Waals surface area contributed by atoms with Gasteiger partial charge in [0.1, 0.15) is 0 Å². The fourth-order valence-corrected chi connectivity index (χ4v) is 2.65. The van der Waals surface area contributed by atoms with Crippen LogP contribution in [0.4, 0.5) is 0 Å². The minimum Gasteiger partial charge on any atom is -0.329 e. The van der Waals surface area contributed by atoms with Crippen molar-refractivity contribution < 1.29 is 9.59 Å². The lowest BCUT2D eigenvalue weighted by molar-refractivity contribution is -0.136. The molecule has 1 aromatic rings. The zero-order valence-corrected chi connectivity index (χ0v) is 12.4. The largest absolute Gasteiger partial charge is 0.329 e. The maximum atomic E-state index is 12.4. The summed E-state index contributed by atoms with van der Waals surface area (Å²) in [6, 6.07) is 2.10. The first-order chi connectivity index (χ1) is 9.38. The van der Waals surface area contributed by atoms with Crippen molar-refractivity contribution in [3.8, 4) is 0 Å². The van der Waals surface area contributed by atoms with Crippen LogP contribution in [-0.4, -0.2) is 29.8 Å². The lowest BCUT2D eigenvalue weighted by Gasteiger charge is -2.17. The van der Waals surface area contributed by atoms with Gasteiger partial charge in [-0.05, 0) is 55.5 Å². The zero-order chi connectivity index (χ0) is 15.0. The van der Waals surface area contributed by atoms with Gasteiger partial charge in [-0.1, -0.05) is 6.07 Å². The summed E-state index contributed by atoms with van der Waals surface area (Å²) in [5, 5.41) is 0. The van der Waals surface area contributed by atoms with Crippen LogP contribution in [0.1, 0.15) is 27.8 Å². The summed E-state index contributed by atoms with van der Waals surface area (Å²) in [7, 11) is 0. The number of hydrogen-bond donors (Lipinski definition) is 1. The van der Waals surface area contributed by atoms with E-state index in [2.05, 4.69) is 6.07 Å². The number of imide groups is 1. The summed E-state index contributed by atoms with van der Waals surface area (Å²) < 4.78 is 0. The molecule has 0 spiro atoms. The van der Waals surface area contributed by atoms with Crippen molar-refractivity contribution in [2.24, 2.45) is 5.73 Å². The van der Waals surface area contributed by atoms with Crippen LogP contribution in [0, 0.1) is 27.7 Å². The third-order valence-electron chi connectivity index (χ3n) is 4.00. The second kappa shape index (κ2) is 5.21. The summed E-state index contributed by atoms with van der Waals surface area (Å²) in [5.74, 6) is -0.509. The molecule has 1 aliphatic rings. The van der Waals surface area contributed by atoms with Crippen LogP contribution in [0.15, 0.2) is 12.1 Å². The van der Waals surface area contributed by atoms with Gasteiger partial charge in [-0.25, -0.2) is 0 Å². The summed E-state index contributed by atoms with van der Waals surface area (Å²) in [6.07, 6.45) is 1.44. The van der Waals surface area contributed by atoms with Crippen molar-refractivity contribution in [1.82, 2.24) is 4.90 Å². The molecular formula is C16H20N2O2. The molecule has 0 aliphatic carbocycles. The molecule has 0 bridgehead atoms. The number of aryl methyl sites for hydroxylation is 2. The van der Waals surface area contributed by atoms with Crippen LogP contribution in [0.5, 0.6) is 0 Å². The second-order valence-electron chi connectivity index (χ2n) is 5.28. The number of carbonyl (C=O) groups excluding carboxylic acids is 2. The Bertz CT molecular complexity index is 604. The molecule has 0 atom stereocenters. The van der Waals surface area contributed by atoms with E-state index in [4.69, 9.17) is 5.73 Å². The van der Waals surface area contributed by atoms with Crippen LogP contribution in [0.25, 0.3) is 5.57 Å². The van der Waals surface area contributed by atoms with Gasteiger partial charge in [0.15, 0.2) is 0 Å². The van der Waals surface area contributed by atoms with E-state index in [1.54, 1.807) is 0 Å². The minimum absolute atomic E-state index is 0.239. The summed E-state index contributed by atoms with van der Waals surface area (Å²) >= 11 is 0. The highest BCUT2D eigenvalue weighted by molar-refractivity contribution is 6.33. The third-order valence-corrected chi connectivity index (χ3v) is 4.00. The quantitative estimate of drug-likeness (QED) is 0.851. The molecule has 1 aromatic carbocycles. The van der Waals surface area contributed by atoms with Gasteiger partial charge in [-0.3, -0.25) is 14.5 Å². The van der Waals surface area contributed by atoms with Crippen molar-refractivity contribution in [3.05, 3.63) is 40.0 Å². The molecule has 2 rings (SSSR count). The number of nitrogens with two attached hydrogens (primary N) is 1. The lowest BCUT2D eigenvalue weighted by Crippen LogP contribution is -2.35. The number of hydrogen-bond acceptors (Lipinski definition) is 3. The minimum atomic E-state index is -0.270. The highest BCUT2D eigenvalue weighted by atomic mass is 16.2. The maximum absolute atomic E-state index is 12.4. The second-order valence-corrected chi connectivity index (χ2v) is 5.28. The van der Waals surface area contributed by atoms with Gasteiger partial charge in [-0.2, -0.15) is 0 Å². The van der Waals surface area contributed by atoms with Gasteiger partial charge < -0.3 is 5.73 Å². The molecule has 0 aromatic heterocycles. The average molecular weight is 272 g/mol. The highest BCUT2D eigenvalue weighted by Gasteiger charge is 2.32. The standard InChI is InChI=1S/C16H20N2O2/c1-9-7-10(2)12(4)15(11(9)3)13-8-14(19)18(6-5-17)16(13)20/h7-8H,5-6,17H2,1-4H3. The predicted octanol–water partition coefficient (Wildman–Crippen LogP) is 1.63. The van der Waals surface area contributed by atoms with Crippen LogP contribution in [0.3, 0.4) is 0 Å². The first-order valence-electron chi connectivity index (χ1n) is 6.73. The van der Waals surface area contributed by atoms with Crippen LogP contribution < -0.4 is 5.73 Å². The molecule has 2 N–H and O–H groups in total. The predicted molar refractivity (Wildman–Crippen MR) is 79.1 cm³/mol. The van der Waals surface area contributed by atoms with Gasteiger partial charge >= 0.3 is 0 Å². The molecule has 4 nitrogen and oxygen atoms in total. The Labute approximate surface area is 119 Å². The van der Waals surface area contributed by atoms with Crippen molar-refractivity contribution in [2.75, 3.05) is 13.1 Å². The van der Waals surface area contributed by atoms with Crippen molar-refractivity contribution in [1.29, 1.82) is 0 Å². The molecule has 0 unspecified atom stereocenters. The van der Waals surface area contributed by atoms with E-state index in [0.717, 1.165) is 27.8 Å². The number of rotatable bonds is 3. The zero-order valence-electron chi connectivity index (χ0n) is 12.4. The van der Waals surface area contributed by atoms with Crippen molar-refractivity contribution in [2.45, 2.75) is 27.7 Å². The Hall–Kier alpha value is -1.94. The lowest BCUT2D eigenvalue weighted by atomic mass is 9.89. The topological polar surface area (TPSA) is 63.4 Å². The Morgan fingerprint density at radius 3 is 2.10 bits per heavy atom. The number of carbonyl (C=O) groups is 2. The fraction of sp³-hybridized carbons (Fsp3) is 0.375. The van der Waals surface area contributed by atoms with Gasteiger partial charge in [0.25, 0.3) is 11.8 Å². The van der Waals surface area contributed by atoms with Gasteiger partial charge in [-0.15, -0.1) is 0 Å². The number of benzene rings is 1. The SMILES string of the molecule is Cc1cc(C)c(C)c(C2=CC(=O)N(CCN)C2=O)c1C. The van der Waals surface area contributed by atoms with Crippen LogP contribution >= 0.6 is 0 Å². The van der Waals surface area contributed by atoms with Crippen molar-refractivity contribution in [3.63, 3.8) is 0 Å². The van der Waals surface area contributed by atoms with E-state index in [0.29, 0.717) is 5.57 Å². The van der Waals surface area contributed by atoms with E-state index < -0.39 is 0 Å². The van der Waals surface area contributed by atoms with Gasteiger partial charge in [0, 0.05) is 19.2 Å². The summed E-state index contributed by atoms with van der Waals surface area (Å²) in [5.41, 5.74) is 11.2. The monoisotopic (exact) mass is 272 g/mol. The van der Waals surface area contributed by atoms with E-state index >= 15 is 0 Å². The Kier molecular flexibility index (Phi) is 3.77. The summed E-state index contributed by atoms with van der Waals surface area (Å²) in [6.45, 7) is 8.56. The van der Waals surface area contributed by atoms with Crippen LogP contribution in [0.2, 0.25) is 0 Å². The smallest absolute Gasteiger partial charge is 0.261 e. The third kappa shape index (κ3) is 2.16. The fourth-order valence-electron chi connectivity index (χ4n) is 2.65. The molecule has 1 aliphatic heterocycles. The number of amides is 2. The molecule has 0 saturated heterocycles. The Balaban J connectivity index is 2.57. The number of nitrogens with zero attached hydrogens (tertiary/aromatic N) is 1. The Morgan fingerprint density at radius 2 is 1.60 bits per heavy atom. The van der Waals surface area contributed by atoms with E-state index in [1.807, 2.05) is 27.7 Å². The molecule has 20 heavy (non-hydrogen) atoms. The van der Waals surface area contributed by atoms with Gasteiger partial charge in [0.2, 0.25) is 0 Å². The normalized spacial score (nSPS) is 15.1.